The molecule has 1 aromatic carbocycles. The third-order valence-corrected chi connectivity index (χ3v) is 2.87. The number of anilines is 1. The summed E-state index contributed by atoms with van der Waals surface area (Å²) < 4.78 is 37.5. The minimum Gasteiger partial charge on any atom is -0.337 e. The number of nitrogens with one attached hydrogen (secondary N) is 3. The predicted octanol–water partition coefficient (Wildman–Crippen LogP) is 2.58. The number of urea groups is 1. The topological polar surface area (TPSA) is 53.2 Å². The summed E-state index contributed by atoms with van der Waals surface area (Å²) in [6, 6.07) is 4.58. The van der Waals surface area contributed by atoms with Crippen molar-refractivity contribution >= 4 is 11.7 Å². The average molecular weight is 287 g/mol. The van der Waals surface area contributed by atoms with E-state index in [2.05, 4.69) is 16.0 Å². The van der Waals surface area contributed by atoms with Gasteiger partial charge in [0.15, 0.2) is 0 Å². The molecule has 2 rings (SSSR count). The number of amides is 2. The van der Waals surface area contributed by atoms with E-state index in [4.69, 9.17) is 0 Å². The van der Waals surface area contributed by atoms with Gasteiger partial charge in [0.1, 0.15) is 0 Å². The lowest BCUT2D eigenvalue weighted by molar-refractivity contribution is -0.137. The van der Waals surface area contributed by atoms with Crippen LogP contribution in [0.2, 0.25) is 0 Å². The lowest BCUT2D eigenvalue weighted by Gasteiger charge is -2.11. The highest BCUT2D eigenvalue weighted by molar-refractivity contribution is 5.89. The molecular formula is C13H16F3N3O. The molecule has 0 radical (unpaired) electrons. The molecule has 7 heteroatoms. The second-order valence-corrected chi connectivity index (χ2v) is 4.69. The molecular weight excluding hydrogens is 271 g/mol. The third kappa shape index (κ3) is 4.73. The molecule has 0 bridgehead atoms. The smallest absolute Gasteiger partial charge is 0.337 e. The number of benzene rings is 1. The highest BCUT2D eigenvalue weighted by Crippen LogP contribution is 2.30. The summed E-state index contributed by atoms with van der Waals surface area (Å²) in [7, 11) is 0. The van der Waals surface area contributed by atoms with Gasteiger partial charge in [-0.25, -0.2) is 4.79 Å². The highest BCUT2D eigenvalue weighted by Gasteiger charge is 2.30. The van der Waals surface area contributed by atoms with E-state index in [9.17, 15) is 18.0 Å². The molecule has 2 amide bonds. The first kappa shape index (κ1) is 14.6. The van der Waals surface area contributed by atoms with E-state index >= 15 is 0 Å². The van der Waals surface area contributed by atoms with Crippen LogP contribution in [-0.4, -0.2) is 25.2 Å². The molecule has 0 saturated heterocycles. The molecule has 0 heterocycles. The van der Waals surface area contributed by atoms with Crippen molar-refractivity contribution in [1.29, 1.82) is 0 Å². The Kier molecular flexibility index (Phi) is 4.49. The van der Waals surface area contributed by atoms with Gasteiger partial charge in [0.05, 0.1) is 5.56 Å². The maximum Gasteiger partial charge on any atom is 0.416 e. The molecule has 1 aliphatic rings. The van der Waals surface area contributed by atoms with Crippen molar-refractivity contribution in [2.45, 2.75) is 25.1 Å². The van der Waals surface area contributed by atoms with Crippen LogP contribution < -0.4 is 16.0 Å². The molecule has 20 heavy (non-hydrogen) atoms. The van der Waals surface area contributed by atoms with Gasteiger partial charge in [-0.05, 0) is 31.0 Å². The van der Waals surface area contributed by atoms with Gasteiger partial charge < -0.3 is 16.0 Å². The molecule has 1 fully saturated rings. The first-order chi connectivity index (χ1) is 9.45. The van der Waals surface area contributed by atoms with Crippen molar-refractivity contribution in [2.75, 3.05) is 18.4 Å². The lowest BCUT2D eigenvalue weighted by atomic mass is 10.2. The second kappa shape index (κ2) is 6.13. The summed E-state index contributed by atoms with van der Waals surface area (Å²) in [5.41, 5.74) is -0.668. The molecule has 1 aliphatic carbocycles. The monoisotopic (exact) mass is 287 g/mol. The zero-order valence-corrected chi connectivity index (χ0v) is 10.8. The van der Waals surface area contributed by atoms with Gasteiger partial charge in [0.2, 0.25) is 0 Å². The Balaban J connectivity index is 1.77. The Morgan fingerprint density at radius 3 is 2.65 bits per heavy atom. The Morgan fingerprint density at radius 2 is 2.00 bits per heavy atom. The molecule has 3 N–H and O–H groups in total. The number of rotatable bonds is 5. The van der Waals surface area contributed by atoms with Crippen molar-refractivity contribution < 1.29 is 18.0 Å². The van der Waals surface area contributed by atoms with Crippen LogP contribution in [0.15, 0.2) is 24.3 Å². The van der Waals surface area contributed by atoms with Crippen molar-refractivity contribution in [2.24, 2.45) is 0 Å². The molecule has 0 aromatic heterocycles. The van der Waals surface area contributed by atoms with E-state index in [0.29, 0.717) is 19.1 Å². The number of hydrogen-bond acceptors (Lipinski definition) is 2. The summed E-state index contributed by atoms with van der Waals surface area (Å²) in [5.74, 6) is 0. The van der Waals surface area contributed by atoms with Crippen molar-refractivity contribution in [3.05, 3.63) is 29.8 Å². The summed E-state index contributed by atoms with van der Waals surface area (Å²) in [5, 5.41) is 8.17. The number of halogens is 3. The van der Waals surface area contributed by atoms with Crippen LogP contribution in [0.4, 0.5) is 23.7 Å². The van der Waals surface area contributed by atoms with Gasteiger partial charge in [-0.3, -0.25) is 0 Å². The Bertz CT molecular complexity index is 472. The molecule has 0 atom stereocenters. The fourth-order valence-electron chi connectivity index (χ4n) is 1.69. The van der Waals surface area contributed by atoms with Crippen LogP contribution in [0.5, 0.6) is 0 Å². The standard InChI is InChI=1S/C13H16F3N3O/c14-13(15,16)9-2-1-3-11(8-9)19-12(20)18-7-6-17-10-4-5-10/h1-3,8,10,17H,4-7H2,(H2,18,19,20). The maximum atomic E-state index is 12.5. The van der Waals surface area contributed by atoms with Crippen molar-refractivity contribution in [1.82, 2.24) is 10.6 Å². The average Bonchev–Trinajstić information content (AvgIpc) is 3.18. The molecule has 1 aromatic rings. The summed E-state index contributed by atoms with van der Waals surface area (Å²) in [6.45, 7) is 1.09. The molecule has 0 aliphatic heterocycles. The van der Waals surface area contributed by atoms with Gasteiger partial charge in [-0.2, -0.15) is 13.2 Å². The van der Waals surface area contributed by atoms with E-state index in [1.807, 2.05) is 0 Å². The molecule has 1 saturated carbocycles. The maximum absolute atomic E-state index is 12.5. The zero-order valence-electron chi connectivity index (χ0n) is 10.8. The first-order valence-electron chi connectivity index (χ1n) is 6.40. The lowest BCUT2D eigenvalue weighted by Crippen LogP contribution is -2.35. The van der Waals surface area contributed by atoms with Crippen LogP contribution >= 0.6 is 0 Å². The minimum atomic E-state index is -4.41. The van der Waals surface area contributed by atoms with E-state index in [1.54, 1.807) is 0 Å². The van der Waals surface area contributed by atoms with Crippen LogP contribution in [0, 0.1) is 0 Å². The summed E-state index contributed by atoms with van der Waals surface area (Å²) in [6.07, 6.45) is -2.09. The fourth-order valence-corrected chi connectivity index (χ4v) is 1.69. The van der Waals surface area contributed by atoms with Gasteiger partial charge in [-0.15, -0.1) is 0 Å². The van der Waals surface area contributed by atoms with Gasteiger partial charge in [0, 0.05) is 24.8 Å². The Morgan fingerprint density at radius 1 is 1.25 bits per heavy atom. The number of carbonyl (C=O) groups is 1. The summed E-state index contributed by atoms with van der Waals surface area (Å²) >= 11 is 0. The normalized spacial score (nSPS) is 14.9. The van der Waals surface area contributed by atoms with Gasteiger partial charge in [0.25, 0.3) is 0 Å². The van der Waals surface area contributed by atoms with Gasteiger partial charge in [-0.1, -0.05) is 6.07 Å². The van der Waals surface area contributed by atoms with Crippen LogP contribution in [0.25, 0.3) is 0 Å². The van der Waals surface area contributed by atoms with Crippen LogP contribution in [-0.2, 0) is 6.18 Å². The van der Waals surface area contributed by atoms with Crippen molar-refractivity contribution in [3.8, 4) is 0 Å². The van der Waals surface area contributed by atoms with E-state index < -0.39 is 17.8 Å². The van der Waals surface area contributed by atoms with E-state index in [0.717, 1.165) is 25.0 Å². The first-order valence-corrected chi connectivity index (χ1v) is 6.40. The highest BCUT2D eigenvalue weighted by atomic mass is 19.4. The Hall–Kier alpha value is -1.76. The zero-order chi connectivity index (χ0) is 14.6. The molecule has 0 unspecified atom stereocenters. The number of hydrogen-bond donors (Lipinski definition) is 3. The second-order valence-electron chi connectivity index (χ2n) is 4.69. The summed E-state index contributed by atoms with van der Waals surface area (Å²) in [4.78, 5) is 11.5. The van der Waals surface area contributed by atoms with Crippen molar-refractivity contribution in [3.63, 3.8) is 0 Å². The SMILES string of the molecule is O=C(NCCNC1CC1)Nc1cccc(C(F)(F)F)c1. The van der Waals surface area contributed by atoms with Gasteiger partial charge >= 0.3 is 12.2 Å². The predicted molar refractivity (Wildman–Crippen MR) is 69.5 cm³/mol. The number of alkyl halides is 3. The molecule has 0 spiro atoms. The minimum absolute atomic E-state index is 0.118. The Labute approximate surface area is 114 Å². The van der Waals surface area contributed by atoms with E-state index in [-0.39, 0.29) is 5.69 Å². The molecule has 110 valence electrons. The van der Waals surface area contributed by atoms with E-state index in [1.165, 1.54) is 12.1 Å². The van der Waals surface area contributed by atoms with Crippen LogP contribution in [0.3, 0.4) is 0 Å². The van der Waals surface area contributed by atoms with Crippen LogP contribution in [0.1, 0.15) is 18.4 Å². The third-order valence-electron chi connectivity index (χ3n) is 2.87. The number of carbonyl (C=O) groups excluding carboxylic acids is 1. The molecule has 4 nitrogen and oxygen atoms in total. The largest absolute Gasteiger partial charge is 0.416 e. The fraction of sp³-hybridized carbons (Fsp3) is 0.462. The quantitative estimate of drug-likeness (QED) is 0.729.